The van der Waals surface area contributed by atoms with Crippen molar-refractivity contribution in [3.05, 3.63) is 107 Å². The minimum atomic E-state index is -3.05. The van der Waals surface area contributed by atoms with Gasteiger partial charge in [-0.25, -0.2) is 8.42 Å². The van der Waals surface area contributed by atoms with Crippen LogP contribution in [0.5, 0.6) is 0 Å². The fourth-order valence-corrected chi connectivity index (χ4v) is 4.09. The molecule has 0 spiro atoms. The molecule has 0 aliphatic rings. The summed E-state index contributed by atoms with van der Waals surface area (Å²) in [5.74, 6) is 2.04. The minimum Gasteiger partial charge on any atom is -0.619 e. The number of benzene rings is 1. The van der Waals surface area contributed by atoms with E-state index in [-0.39, 0.29) is 0 Å². The fourth-order valence-electron chi connectivity index (χ4n) is 3.46. The monoisotopic (exact) mass is 595 g/mol. The molecular weight excluding hydrogens is 546 g/mol. The average molecular weight is 596 g/mol. The molecule has 8 nitrogen and oxygen atoms in total. The molecule has 42 heavy (non-hydrogen) atoms. The summed E-state index contributed by atoms with van der Waals surface area (Å²) in [5, 5.41) is 22.5. The summed E-state index contributed by atoms with van der Waals surface area (Å²) >= 11 is 0. The lowest BCUT2D eigenvalue weighted by atomic mass is 10.0. The molecule has 0 unspecified atom stereocenters. The van der Waals surface area contributed by atoms with Gasteiger partial charge in [0.25, 0.3) is 0 Å². The number of hydrogen-bond acceptors (Lipinski definition) is 6. The molecule has 4 aromatic rings. The standard InChI is InChI=1S/C10H14O2S.C8H12N2.C8H11NO.C7H12N2/c1-8(2)9-4-6-10(7-5-9)13(3,11)12;1-6(2)8-4-7(3)10-9-5-8;1-7(2)8-3-5-9(10)6-4-8;1-6(2)7-4-5-9(3)8-7/h4-8H,1-3H3;4-6H,1-3H3;3-7H,1-2H3;4-6H,1-3H3. The molecule has 0 aliphatic carbocycles. The van der Waals surface area contributed by atoms with Crippen LogP contribution in [0.4, 0.5) is 0 Å². The number of rotatable bonds is 5. The van der Waals surface area contributed by atoms with Gasteiger partial charge in [0.15, 0.2) is 22.2 Å². The SMILES string of the molecule is CC(C)c1cc[n+]([O-])cc1.CC(C)c1ccc(S(C)(=O)=O)cc1.CC(C)c1ccn(C)n1.Cc1cc(C(C)C)cnn1. The zero-order valence-corrected chi connectivity index (χ0v) is 27.9. The van der Waals surface area contributed by atoms with E-state index >= 15 is 0 Å². The largest absolute Gasteiger partial charge is 0.619 e. The van der Waals surface area contributed by atoms with E-state index in [9.17, 15) is 13.6 Å². The molecule has 0 saturated heterocycles. The maximum Gasteiger partial charge on any atom is 0.180 e. The quantitative estimate of drug-likeness (QED) is 0.180. The summed E-state index contributed by atoms with van der Waals surface area (Å²) in [4.78, 5) is 0.386. The number of nitrogens with zero attached hydrogens (tertiary/aromatic N) is 5. The molecule has 4 rings (SSSR count). The van der Waals surface area contributed by atoms with Crippen LogP contribution >= 0.6 is 0 Å². The van der Waals surface area contributed by atoms with Gasteiger partial charge >= 0.3 is 0 Å². The molecule has 0 saturated carbocycles. The Balaban J connectivity index is 0.000000283. The third kappa shape index (κ3) is 13.9. The van der Waals surface area contributed by atoms with E-state index in [1.165, 1.54) is 29.8 Å². The highest BCUT2D eigenvalue weighted by atomic mass is 32.2. The molecule has 0 N–H and O–H groups in total. The Morgan fingerprint density at radius 2 is 1.26 bits per heavy atom. The molecule has 3 aromatic heterocycles. The molecule has 0 bridgehead atoms. The third-order valence-corrected chi connectivity index (χ3v) is 7.39. The molecule has 1 aromatic carbocycles. The first-order valence-electron chi connectivity index (χ1n) is 14.3. The number of sulfone groups is 1. The first-order valence-corrected chi connectivity index (χ1v) is 16.2. The summed E-state index contributed by atoms with van der Waals surface area (Å²) < 4.78 is 24.9. The van der Waals surface area contributed by atoms with E-state index in [4.69, 9.17) is 0 Å². The highest BCUT2D eigenvalue weighted by Crippen LogP contribution is 2.17. The second kappa shape index (κ2) is 17.4. The van der Waals surface area contributed by atoms with Gasteiger partial charge in [-0.2, -0.15) is 20.0 Å². The van der Waals surface area contributed by atoms with Crippen molar-refractivity contribution in [2.45, 2.75) is 90.9 Å². The van der Waals surface area contributed by atoms with Crippen LogP contribution in [0.25, 0.3) is 0 Å². The van der Waals surface area contributed by atoms with Gasteiger partial charge in [0.2, 0.25) is 0 Å². The van der Waals surface area contributed by atoms with E-state index in [1.54, 1.807) is 12.1 Å². The van der Waals surface area contributed by atoms with Gasteiger partial charge in [-0.15, -0.1) is 0 Å². The molecule has 0 atom stereocenters. The Hall–Kier alpha value is -3.59. The second-order valence-corrected chi connectivity index (χ2v) is 13.5. The van der Waals surface area contributed by atoms with E-state index in [0.29, 0.717) is 28.6 Å². The van der Waals surface area contributed by atoms with Crippen LogP contribution in [0.1, 0.15) is 107 Å². The van der Waals surface area contributed by atoms with Crippen LogP contribution in [0.3, 0.4) is 0 Å². The Morgan fingerprint density at radius 3 is 1.60 bits per heavy atom. The first kappa shape index (κ1) is 36.4. The van der Waals surface area contributed by atoms with Gasteiger partial charge in [0.05, 0.1) is 22.5 Å². The smallest absolute Gasteiger partial charge is 0.180 e. The molecule has 9 heteroatoms. The number of pyridine rings is 1. The van der Waals surface area contributed by atoms with E-state index in [1.807, 2.05) is 61.4 Å². The summed E-state index contributed by atoms with van der Waals surface area (Å²) in [6.45, 7) is 18.9. The number of hydrogen-bond donors (Lipinski definition) is 0. The van der Waals surface area contributed by atoms with E-state index < -0.39 is 9.84 Å². The van der Waals surface area contributed by atoms with Gasteiger partial charge in [0, 0.05) is 31.6 Å². The molecule has 0 radical (unpaired) electrons. The lowest BCUT2D eigenvalue weighted by molar-refractivity contribution is -0.605. The maximum absolute atomic E-state index is 11.1. The van der Waals surface area contributed by atoms with E-state index in [2.05, 4.69) is 76.8 Å². The van der Waals surface area contributed by atoms with Crippen LogP contribution in [-0.4, -0.2) is 34.7 Å². The summed E-state index contributed by atoms with van der Waals surface area (Å²) in [7, 11) is -1.11. The predicted molar refractivity (Wildman–Crippen MR) is 171 cm³/mol. The summed E-state index contributed by atoms with van der Waals surface area (Å²) in [6.07, 6.45) is 8.05. The predicted octanol–water partition coefficient (Wildman–Crippen LogP) is 7.11. The highest BCUT2D eigenvalue weighted by Gasteiger charge is 2.07. The molecule has 0 fully saturated rings. The number of aryl methyl sites for hydroxylation is 2. The van der Waals surface area contributed by atoms with Crippen molar-refractivity contribution < 1.29 is 13.1 Å². The number of aromatic nitrogens is 5. The molecule has 230 valence electrons. The van der Waals surface area contributed by atoms with Crippen molar-refractivity contribution in [1.29, 1.82) is 0 Å². The normalized spacial score (nSPS) is 10.9. The summed E-state index contributed by atoms with van der Waals surface area (Å²) in [5.41, 5.74) is 5.77. The fraction of sp³-hybridized carbons (Fsp3) is 0.455. The molecule has 0 amide bonds. The lowest BCUT2D eigenvalue weighted by Gasteiger charge is -2.05. The van der Waals surface area contributed by atoms with E-state index in [0.717, 1.165) is 21.7 Å². The van der Waals surface area contributed by atoms with Gasteiger partial charge in [0.1, 0.15) is 0 Å². The minimum absolute atomic E-state index is 0.386. The van der Waals surface area contributed by atoms with Crippen LogP contribution in [-0.2, 0) is 16.9 Å². The van der Waals surface area contributed by atoms with Crippen molar-refractivity contribution in [1.82, 2.24) is 20.0 Å². The second-order valence-electron chi connectivity index (χ2n) is 11.5. The maximum atomic E-state index is 11.1. The van der Waals surface area contributed by atoms with Gasteiger partial charge in [-0.3, -0.25) is 4.68 Å². The third-order valence-electron chi connectivity index (χ3n) is 6.26. The van der Waals surface area contributed by atoms with Crippen molar-refractivity contribution in [2.75, 3.05) is 6.26 Å². The van der Waals surface area contributed by atoms with Crippen molar-refractivity contribution in [3.63, 3.8) is 0 Å². The Labute approximate surface area is 253 Å². The van der Waals surface area contributed by atoms with Gasteiger partial charge in [-0.1, -0.05) is 67.5 Å². The highest BCUT2D eigenvalue weighted by molar-refractivity contribution is 7.90. The van der Waals surface area contributed by atoms with Gasteiger partial charge in [-0.05, 0) is 71.6 Å². The van der Waals surface area contributed by atoms with Gasteiger partial charge < -0.3 is 5.21 Å². The van der Waals surface area contributed by atoms with Crippen LogP contribution < -0.4 is 4.73 Å². The van der Waals surface area contributed by atoms with Crippen molar-refractivity contribution in [3.8, 4) is 0 Å². The van der Waals surface area contributed by atoms with Crippen LogP contribution in [0.15, 0.2) is 78.2 Å². The van der Waals surface area contributed by atoms with Crippen LogP contribution in [0, 0.1) is 12.1 Å². The average Bonchev–Trinajstić information content (AvgIpc) is 3.36. The zero-order valence-electron chi connectivity index (χ0n) is 27.1. The van der Waals surface area contributed by atoms with Crippen LogP contribution in [0.2, 0.25) is 0 Å². The molecular formula is C33H49N5O3S. The Morgan fingerprint density at radius 1 is 0.762 bits per heavy atom. The molecule has 0 aliphatic heterocycles. The Bertz CT molecular complexity index is 1430. The topological polar surface area (TPSA) is 105 Å². The summed E-state index contributed by atoms with van der Waals surface area (Å²) in [6, 6.07) is 14.8. The zero-order chi connectivity index (χ0) is 32.0. The van der Waals surface area contributed by atoms with Crippen molar-refractivity contribution in [2.24, 2.45) is 7.05 Å². The first-order chi connectivity index (χ1) is 19.5. The van der Waals surface area contributed by atoms with Crippen molar-refractivity contribution >= 4 is 9.84 Å². The lowest BCUT2D eigenvalue weighted by Crippen LogP contribution is -2.23. The molecule has 3 heterocycles. The Kier molecular flexibility index (Phi) is 15.1.